The third-order valence-corrected chi connectivity index (χ3v) is 3.73. The zero-order chi connectivity index (χ0) is 13.1. The topological polar surface area (TPSA) is 34.9 Å². The van der Waals surface area contributed by atoms with Crippen LogP contribution >= 0.6 is 11.8 Å². The molecule has 0 N–H and O–H groups in total. The third-order valence-electron chi connectivity index (χ3n) is 2.65. The number of rotatable bonds is 4. The molecule has 0 aliphatic heterocycles. The Labute approximate surface area is 111 Å². The number of hydrogen-bond donors (Lipinski definition) is 0. The lowest BCUT2D eigenvalue weighted by Gasteiger charge is -2.02. The Morgan fingerprint density at radius 3 is 2.72 bits per heavy atom. The van der Waals surface area contributed by atoms with Crippen LogP contribution in [0.3, 0.4) is 0 Å². The minimum Gasteiger partial charge on any atom is -0.293 e. The van der Waals surface area contributed by atoms with Gasteiger partial charge in [-0.15, -0.1) is 0 Å². The van der Waals surface area contributed by atoms with Gasteiger partial charge in [-0.2, -0.15) is 5.10 Å². The summed E-state index contributed by atoms with van der Waals surface area (Å²) in [6.45, 7) is 3.95. The number of carbonyl (C=O) groups excluding carboxylic acids is 1. The van der Waals surface area contributed by atoms with Gasteiger partial charge in [0.15, 0.2) is 5.78 Å². The molecule has 3 nitrogen and oxygen atoms in total. The normalized spacial score (nSPS) is 10.6. The van der Waals surface area contributed by atoms with Gasteiger partial charge < -0.3 is 0 Å². The smallest absolute Gasteiger partial charge is 0.173 e. The zero-order valence-corrected chi connectivity index (χ0v) is 11.6. The van der Waals surface area contributed by atoms with E-state index < -0.39 is 0 Å². The van der Waals surface area contributed by atoms with Crippen LogP contribution in [0.4, 0.5) is 0 Å². The number of aryl methyl sites for hydroxylation is 3. The molecule has 0 unspecified atom stereocenters. The second-order valence-electron chi connectivity index (χ2n) is 4.33. The lowest BCUT2D eigenvalue weighted by molar-refractivity contribution is 0.102. The molecule has 0 spiro atoms. The summed E-state index contributed by atoms with van der Waals surface area (Å²) in [7, 11) is 1.90. The summed E-state index contributed by atoms with van der Waals surface area (Å²) in [6.07, 6.45) is 0. The van der Waals surface area contributed by atoms with Gasteiger partial charge in [0.1, 0.15) is 0 Å². The Morgan fingerprint density at radius 2 is 2.11 bits per heavy atom. The van der Waals surface area contributed by atoms with Crippen molar-refractivity contribution in [3.63, 3.8) is 0 Å². The van der Waals surface area contributed by atoms with E-state index >= 15 is 0 Å². The summed E-state index contributed by atoms with van der Waals surface area (Å²) in [4.78, 5) is 12.0. The predicted molar refractivity (Wildman–Crippen MR) is 74.2 cm³/mol. The number of hydrogen-bond acceptors (Lipinski definition) is 3. The first kappa shape index (κ1) is 12.9. The SMILES string of the molecule is Cc1cccc(C(=O)CSc2cc(C)nn2C)c1. The van der Waals surface area contributed by atoms with E-state index in [0.717, 1.165) is 21.8 Å². The average Bonchev–Trinajstić information content (AvgIpc) is 2.65. The van der Waals surface area contributed by atoms with Gasteiger partial charge in [0, 0.05) is 12.6 Å². The van der Waals surface area contributed by atoms with Gasteiger partial charge in [-0.05, 0) is 26.0 Å². The molecule has 2 rings (SSSR count). The highest BCUT2D eigenvalue weighted by atomic mass is 32.2. The lowest BCUT2D eigenvalue weighted by Crippen LogP contribution is -2.03. The molecule has 0 aliphatic rings. The van der Waals surface area contributed by atoms with Crippen LogP contribution in [0.25, 0.3) is 0 Å². The van der Waals surface area contributed by atoms with Crippen molar-refractivity contribution in [1.82, 2.24) is 9.78 Å². The number of ketones is 1. The van der Waals surface area contributed by atoms with Crippen LogP contribution in [0.2, 0.25) is 0 Å². The Kier molecular flexibility index (Phi) is 3.87. The number of benzene rings is 1. The molecular formula is C14H16N2OS. The summed E-state index contributed by atoms with van der Waals surface area (Å²) < 4.78 is 1.81. The highest BCUT2D eigenvalue weighted by Crippen LogP contribution is 2.19. The van der Waals surface area contributed by atoms with Crippen LogP contribution in [0.15, 0.2) is 35.4 Å². The van der Waals surface area contributed by atoms with Gasteiger partial charge in [0.2, 0.25) is 0 Å². The number of nitrogens with zero attached hydrogens (tertiary/aromatic N) is 2. The van der Waals surface area contributed by atoms with Crippen molar-refractivity contribution in [2.45, 2.75) is 18.9 Å². The summed E-state index contributed by atoms with van der Waals surface area (Å²) in [5.41, 5.74) is 2.87. The maximum absolute atomic E-state index is 12.0. The first-order valence-electron chi connectivity index (χ1n) is 5.79. The minimum absolute atomic E-state index is 0.155. The van der Waals surface area contributed by atoms with Gasteiger partial charge in [-0.25, -0.2) is 0 Å². The number of thioether (sulfide) groups is 1. The fourth-order valence-corrected chi connectivity index (χ4v) is 2.69. The Balaban J connectivity index is 2.02. The van der Waals surface area contributed by atoms with Crippen molar-refractivity contribution < 1.29 is 4.79 Å². The largest absolute Gasteiger partial charge is 0.293 e. The van der Waals surface area contributed by atoms with Gasteiger partial charge in [-0.1, -0.05) is 35.5 Å². The zero-order valence-electron chi connectivity index (χ0n) is 10.8. The summed E-state index contributed by atoms with van der Waals surface area (Å²) in [5.74, 6) is 0.602. The molecule has 0 radical (unpaired) electrons. The number of aromatic nitrogens is 2. The van der Waals surface area contributed by atoms with Crippen molar-refractivity contribution >= 4 is 17.5 Å². The Hall–Kier alpha value is -1.55. The third kappa shape index (κ3) is 3.01. The van der Waals surface area contributed by atoms with E-state index in [9.17, 15) is 4.79 Å². The highest BCUT2D eigenvalue weighted by molar-refractivity contribution is 7.99. The summed E-state index contributed by atoms with van der Waals surface area (Å²) >= 11 is 1.53. The van der Waals surface area contributed by atoms with Crippen molar-refractivity contribution in [2.24, 2.45) is 7.05 Å². The Bertz CT molecular complexity index is 575. The second-order valence-corrected chi connectivity index (χ2v) is 5.32. The van der Waals surface area contributed by atoms with E-state index in [1.54, 1.807) is 0 Å². The van der Waals surface area contributed by atoms with Crippen LogP contribution in [-0.2, 0) is 7.05 Å². The van der Waals surface area contributed by atoms with Gasteiger partial charge in [0.05, 0.1) is 16.5 Å². The fraction of sp³-hybridized carbons (Fsp3) is 0.286. The predicted octanol–water partition coefficient (Wildman–Crippen LogP) is 3.01. The monoisotopic (exact) mass is 260 g/mol. The maximum atomic E-state index is 12.0. The minimum atomic E-state index is 0.155. The van der Waals surface area contributed by atoms with Gasteiger partial charge >= 0.3 is 0 Å². The molecular weight excluding hydrogens is 244 g/mol. The second kappa shape index (κ2) is 5.40. The van der Waals surface area contributed by atoms with Crippen LogP contribution in [0.5, 0.6) is 0 Å². The molecule has 1 heterocycles. The van der Waals surface area contributed by atoms with Crippen molar-refractivity contribution in [1.29, 1.82) is 0 Å². The van der Waals surface area contributed by atoms with Crippen LogP contribution in [0, 0.1) is 13.8 Å². The van der Waals surface area contributed by atoms with Gasteiger partial charge in [-0.3, -0.25) is 9.48 Å². The van der Waals surface area contributed by atoms with Crippen molar-refractivity contribution in [3.8, 4) is 0 Å². The molecule has 0 aliphatic carbocycles. The standard InChI is InChI=1S/C14H16N2OS/c1-10-5-4-6-12(7-10)13(17)9-18-14-8-11(2)15-16(14)3/h4-8H,9H2,1-3H3. The molecule has 0 bridgehead atoms. The molecule has 0 saturated heterocycles. The van der Waals surface area contributed by atoms with E-state index in [-0.39, 0.29) is 5.78 Å². The van der Waals surface area contributed by atoms with Crippen molar-refractivity contribution in [2.75, 3.05) is 5.75 Å². The quantitative estimate of drug-likeness (QED) is 0.626. The Morgan fingerprint density at radius 1 is 1.33 bits per heavy atom. The van der Waals surface area contributed by atoms with Gasteiger partial charge in [0.25, 0.3) is 0 Å². The number of Topliss-reactive ketones (excluding diaryl/α,β-unsaturated/α-hetero) is 1. The molecule has 94 valence electrons. The number of carbonyl (C=O) groups is 1. The van der Waals surface area contributed by atoms with Crippen LogP contribution in [-0.4, -0.2) is 21.3 Å². The van der Waals surface area contributed by atoms with E-state index in [1.165, 1.54) is 11.8 Å². The fourth-order valence-electron chi connectivity index (χ4n) is 1.76. The molecule has 0 atom stereocenters. The molecule has 1 aromatic carbocycles. The van der Waals surface area contributed by atoms with E-state index in [4.69, 9.17) is 0 Å². The molecule has 0 amide bonds. The van der Waals surface area contributed by atoms with E-state index in [0.29, 0.717) is 5.75 Å². The molecule has 0 fully saturated rings. The summed E-state index contributed by atoms with van der Waals surface area (Å²) in [6, 6.07) is 9.70. The molecule has 2 aromatic rings. The van der Waals surface area contributed by atoms with E-state index in [2.05, 4.69) is 5.10 Å². The highest BCUT2D eigenvalue weighted by Gasteiger charge is 2.09. The first-order chi connectivity index (χ1) is 8.56. The average molecular weight is 260 g/mol. The first-order valence-corrected chi connectivity index (χ1v) is 6.78. The lowest BCUT2D eigenvalue weighted by atomic mass is 10.1. The van der Waals surface area contributed by atoms with Crippen LogP contribution in [0.1, 0.15) is 21.6 Å². The van der Waals surface area contributed by atoms with E-state index in [1.807, 2.05) is 55.9 Å². The van der Waals surface area contributed by atoms with Crippen molar-refractivity contribution in [3.05, 3.63) is 47.2 Å². The molecule has 1 aromatic heterocycles. The summed E-state index contributed by atoms with van der Waals surface area (Å²) in [5, 5.41) is 5.28. The van der Waals surface area contributed by atoms with Crippen LogP contribution < -0.4 is 0 Å². The molecule has 18 heavy (non-hydrogen) atoms. The molecule has 4 heteroatoms. The molecule has 0 saturated carbocycles. The maximum Gasteiger partial charge on any atom is 0.173 e.